The van der Waals surface area contributed by atoms with Crippen molar-refractivity contribution in [3.8, 4) is 22.4 Å². The van der Waals surface area contributed by atoms with Gasteiger partial charge in [-0.25, -0.2) is 4.98 Å². The number of halogens is 1. The first-order chi connectivity index (χ1) is 13.5. The summed E-state index contributed by atoms with van der Waals surface area (Å²) in [7, 11) is 0. The summed E-state index contributed by atoms with van der Waals surface area (Å²) in [5.74, 6) is 0. The monoisotopic (exact) mass is 392 g/mol. The number of nitrogens with zero attached hydrogens (tertiary/aromatic N) is 3. The van der Waals surface area contributed by atoms with Gasteiger partial charge in [-0.15, -0.1) is 0 Å². The summed E-state index contributed by atoms with van der Waals surface area (Å²) in [5, 5.41) is 0.578. The highest BCUT2D eigenvalue weighted by Crippen LogP contribution is 2.32. The maximum atomic E-state index is 12.4. The standard InChI is InChI=1S/C21H17ClN4O2/c1-12(2)26-11-14(8-17(22)21(26)28)15-9-16-18(27)5-7-24-20(16)25-19(15)13-4-3-6-23-10-13/h3-12H,1-2H3,(H,24,25,27). The Morgan fingerprint density at radius 3 is 2.68 bits per heavy atom. The fourth-order valence-electron chi connectivity index (χ4n) is 3.14. The minimum absolute atomic E-state index is 0.0661. The number of pyridine rings is 4. The minimum atomic E-state index is -0.255. The van der Waals surface area contributed by atoms with E-state index < -0.39 is 0 Å². The first-order valence-electron chi connectivity index (χ1n) is 8.80. The third-order valence-corrected chi connectivity index (χ3v) is 4.82. The molecule has 0 aliphatic rings. The predicted octanol–water partition coefficient (Wildman–Crippen LogP) is 4.05. The van der Waals surface area contributed by atoms with E-state index in [1.165, 1.54) is 6.07 Å². The average Bonchev–Trinajstić information content (AvgIpc) is 2.70. The van der Waals surface area contributed by atoms with Gasteiger partial charge in [0, 0.05) is 53.6 Å². The van der Waals surface area contributed by atoms with Crippen LogP contribution in [0.15, 0.2) is 64.7 Å². The molecule has 0 aromatic carbocycles. The Balaban J connectivity index is 2.10. The molecule has 0 saturated heterocycles. The number of fused-ring (bicyclic) bond motifs is 1. The zero-order valence-corrected chi connectivity index (χ0v) is 16.1. The lowest BCUT2D eigenvalue weighted by atomic mass is 10.00. The Morgan fingerprint density at radius 2 is 1.96 bits per heavy atom. The smallest absolute Gasteiger partial charge is 0.269 e. The van der Waals surface area contributed by atoms with Gasteiger partial charge in [-0.1, -0.05) is 11.6 Å². The van der Waals surface area contributed by atoms with Crippen LogP contribution >= 0.6 is 11.6 Å². The van der Waals surface area contributed by atoms with E-state index in [4.69, 9.17) is 11.6 Å². The summed E-state index contributed by atoms with van der Waals surface area (Å²) in [6, 6.07) is 8.50. The number of hydrogen-bond donors (Lipinski definition) is 1. The zero-order chi connectivity index (χ0) is 19.8. The number of aromatic nitrogens is 4. The van der Waals surface area contributed by atoms with Crippen LogP contribution in [0.3, 0.4) is 0 Å². The molecular weight excluding hydrogens is 376 g/mol. The first kappa shape index (κ1) is 18.1. The SMILES string of the molecule is CC(C)n1cc(-c2cc3c(=O)cc[nH]c3nc2-c2cccnc2)cc(Cl)c1=O. The van der Waals surface area contributed by atoms with E-state index in [1.54, 1.807) is 41.5 Å². The van der Waals surface area contributed by atoms with E-state index in [2.05, 4.69) is 15.0 Å². The highest BCUT2D eigenvalue weighted by Gasteiger charge is 2.16. The Labute approximate surface area is 165 Å². The van der Waals surface area contributed by atoms with Crippen molar-refractivity contribution in [3.05, 3.63) is 80.7 Å². The lowest BCUT2D eigenvalue weighted by Gasteiger charge is -2.15. The quantitative estimate of drug-likeness (QED) is 0.570. The van der Waals surface area contributed by atoms with Gasteiger partial charge in [0.05, 0.1) is 11.1 Å². The van der Waals surface area contributed by atoms with Gasteiger partial charge in [-0.3, -0.25) is 14.6 Å². The van der Waals surface area contributed by atoms with Gasteiger partial charge < -0.3 is 9.55 Å². The molecule has 0 bridgehead atoms. The maximum Gasteiger partial charge on any atom is 0.269 e. The number of nitrogens with one attached hydrogen (secondary N) is 1. The molecule has 0 spiro atoms. The van der Waals surface area contributed by atoms with Crippen molar-refractivity contribution in [3.63, 3.8) is 0 Å². The Morgan fingerprint density at radius 1 is 1.14 bits per heavy atom. The summed E-state index contributed by atoms with van der Waals surface area (Å²) < 4.78 is 1.57. The second kappa shape index (κ2) is 7.05. The number of aromatic amines is 1. The Bertz CT molecular complexity index is 1290. The average molecular weight is 393 g/mol. The molecule has 0 atom stereocenters. The summed E-state index contributed by atoms with van der Waals surface area (Å²) in [6.45, 7) is 3.82. The van der Waals surface area contributed by atoms with E-state index in [1.807, 2.05) is 26.0 Å². The normalized spacial score (nSPS) is 11.3. The second-order valence-corrected chi connectivity index (χ2v) is 7.15. The molecule has 4 aromatic heterocycles. The highest BCUT2D eigenvalue weighted by molar-refractivity contribution is 6.30. The van der Waals surface area contributed by atoms with Crippen LogP contribution in [0.5, 0.6) is 0 Å². The van der Waals surface area contributed by atoms with E-state index in [9.17, 15) is 9.59 Å². The van der Waals surface area contributed by atoms with Crippen LogP contribution in [0.2, 0.25) is 5.02 Å². The number of rotatable bonds is 3. The summed E-state index contributed by atoms with van der Waals surface area (Å²) >= 11 is 6.23. The molecule has 1 N–H and O–H groups in total. The van der Waals surface area contributed by atoms with Gasteiger partial charge in [0.15, 0.2) is 5.43 Å². The van der Waals surface area contributed by atoms with E-state index in [-0.39, 0.29) is 22.1 Å². The van der Waals surface area contributed by atoms with E-state index in [0.717, 1.165) is 5.56 Å². The molecule has 0 amide bonds. The molecule has 0 saturated carbocycles. The van der Waals surface area contributed by atoms with E-state index >= 15 is 0 Å². The zero-order valence-electron chi connectivity index (χ0n) is 15.3. The fourth-order valence-corrected chi connectivity index (χ4v) is 3.35. The molecule has 0 aliphatic heterocycles. The van der Waals surface area contributed by atoms with E-state index in [0.29, 0.717) is 27.9 Å². The Kier molecular flexibility index (Phi) is 4.57. The van der Waals surface area contributed by atoms with Crippen molar-refractivity contribution in [1.82, 2.24) is 19.5 Å². The lowest BCUT2D eigenvalue weighted by molar-refractivity contribution is 0.579. The molecule has 7 heteroatoms. The van der Waals surface area contributed by atoms with Crippen LogP contribution in [0.1, 0.15) is 19.9 Å². The third-order valence-electron chi connectivity index (χ3n) is 4.54. The minimum Gasteiger partial charge on any atom is -0.346 e. The van der Waals surface area contributed by atoms with Crippen LogP contribution in [0.4, 0.5) is 0 Å². The first-order valence-corrected chi connectivity index (χ1v) is 9.18. The van der Waals surface area contributed by atoms with Crippen molar-refractivity contribution in [2.75, 3.05) is 0 Å². The third kappa shape index (κ3) is 3.12. The van der Waals surface area contributed by atoms with Gasteiger partial charge in [0.2, 0.25) is 0 Å². The molecule has 4 aromatic rings. The molecule has 4 rings (SSSR count). The van der Waals surface area contributed by atoms with Gasteiger partial charge in [0.25, 0.3) is 5.56 Å². The summed E-state index contributed by atoms with van der Waals surface area (Å²) in [5.41, 5.74) is 2.94. The molecule has 0 aliphatic carbocycles. The van der Waals surface area contributed by atoms with Gasteiger partial charge in [0.1, 0.15) is 10.7 Å². The van der Waals surface area contributed by atoms with Crippen molar-refractivity contribution >= 4 is 22.6 Å². The van der Waals surface area contributed by atoms with Gasteiger partial charge in [-0.2, -0.15) is 0 Å². The molecular formula is C21H17ClN4O2. The van der Waals surface area contributed by atoms with Crippen LogP contribution in [-0.2, 0) is 0 Å². The van der Waals surface area contributed by atoms with Gasteiger partial charge in [-0.05, 0) is 38.1 Å². The highest BCUT2D eigenvalue weighted by atomic mass is 35.5. The molecule has 0 radical (unpaired) electrons. The van der Waals surface area contributed by atoms with Crippen LogP contribution in [-0.4, -0.2) is 19.5 Å². The fraction of sp³-hybridized carbons (Fsp3) is 0.143. The predicted molar refractivity (Wildman–Crippen MR) is 111 cm³/mol. The Hall–Kier alpha value is -3.25. The number of hydrogen-bond acceptors (Lipinski definition) is 4. The number of H-pyrrole nitrogens is 1. The van der Waals surface area contributed by atoms with Crippen LogP contribution < -0.4 is 11.0 Å². The summed E-state index contributed by atoms with van der Waals surface area (Å²) in [4.78, 5) is 36.6. The van der Waals surface area contributed by atoms with Crippen molar-refractivity contribution in [2.24, 2.45) is 0 Å². The lowest BCUT2D eigenvalue weighted by Crippen LogP contribution is -2.21. The largest absolute Gasteiger partial charge is 0.346 e. The molecule has 140 valence electrons. The molecule has 0 unspecified atom stereocenters. The topological polar surface area (TPSA) is 80.6 Å². The summed E-state index contributed by atoms with van der Waals surface area (Å²) in [6.07, 6.45) is 6.71. The van der Waals surface area contributed by atoms with Crippen molar-refractivity contribution < 1.29 is 0 Å². The maximum absolute atomic E-state index is 12.4. The second-order valence-electron chi connectivity index (χ2n) is 6.75. The van der Waals surface area contributed by atoms with Crippen LogP contribution in [0, 0.1) is 0 Å². The molecule has 0 fully saturated rings. The van der Waals surface area contributed by atoms with Crippen molar-refractivity contribution in [2.45, 2.75) is 19.9 Å². The van der Waals surface area contributed by atoms with Crippen LogP contribution in [0.25, 0.3) is 33.4 Å². The van der Waals surface area contributed by atoms with Gasteiger partial charge >= 0.3 is 0 Å². The molecule has 6 nitrogen and oxygen atoms in total. The molecule has 28 heavy (non-hydrogen) atoms. The van der Waals surface area contributed by atoms with Crippen molar-refractivity contribution in [1.29, 1.82) is 0 Å². The molecule has 4 heterocycles.